The van der Waals surface area contributed by atoms with Crippen molar-refractivity contribution in [2.45, 2.75) is 45.2 Å². The van der Waals surface area contributed by atoms with Crippen molar-refractivity contribution in [3.63, 3.8) is 0 Å². The van der Waals surface area contributed by atoms with Gasteiger partial charge in [0.05, 0.1) is 12.1 Å². The molecule has 1 aromatic carbocycles. The molecule has 3 rings (SSSR count). The molecule has 156 valence electrons. The van der Waals surface area contributed by atoms with Crippen molar-refractivity contribution in [3.8, 4) is 0 Å². The summed E-state index contributed by atoms with van der Waals surface area (Å²) < 4.78 is 5.45. The van der Waals surface area contributed by atoms with Gasteiger partial charge in [-0.3, -0.25) is 9.59 Å². The average molecular weight is 400 g/mol. The van der Waals surface area contributed by atoms with Gasteiger partial charge in [0.25, 0.3) is 0 Å². The number of piperidine rings is 1. The summed E-state index contributed by atoms with van der Waals surface area (Å²) in [5.41, 5.74) is 0.286. The van der Waals surface area contributed by atoms with E-state index in [0.29, 0.717) is 25.8 Å². The number of carbonyl (C=O) groups excluding carboxylic acids is 2. The van der Waals surface area contributed by atoms with E-state index >= 15 is 0 Å². The summed E-state index contributed by atoms with van der Waals surface area (Å²) in [5.74, 6) is -0.301. The van der Waals surface area contributed by atoms with E-state index in [2.05, 4.69) is 20.3 Å². The summed E-state index contributed by atoms with van der Waals surface area (Å²) in [4.78, 5) is 30.3. The second kappa shape index (κ2) is 9.60. The third-order valence-electron chi connectivity index (χ3n) is 5.38. The first-order chi connectivity index (χ1) is 14.0. The van der Waals surface area contributed by atoms with Crippen molar-refractivity contribution in [1.29, 1.82) is 0 Å². The molecule has 1 aliphatic heterocycles. The van der Waals surface area contributed by atoms with E-state index in [1.54, 1.807) is 4.80 Å². The number of ether oxygens (including phenoxy) is 1. The quantitative estimate of drug-likeness (QED) is 0.620. The maximum absolute atomic E-state index is 13.0. The van der Waals surface area contributed by atoms with E-state index in [1.807, 2.05) is 42.2 Å². The van der Waals surface area contributed by atoms with Crippen LogP contribution in [0.25, 0.3) is 0 Å². The monoisotopic (exact) mass is 400 g/mol. The highest BCUT2D eigenvalue weighted by molar-refractivity contribution is 5.94. The second-order valence-electron chi connectivity index (χ2n) is 7.30. The summed E-state index contributed by atoms with van der Waals surface area (Å²) in [6.07, 6.45) is 3.24. The van der Waals surface area contributed by atoms with Crippen molar-refractivity contribution in [1.82, 2.24) is 25.1 Å². The van der Waals surface area contributed by atoms with Gasteiger partial charge in [0.15, 0.2) is 6.33 Å². The van der Waals surface area contributed by atoms with E-state index in [4.69, 9.17) is 4.74 Å². The fourth-order valence-corrected chi connectivity index (χ4v) is 3.80. The highest BCUT2D eigenvalue weighted by atomic mass is 16.5. The Morgan fingerprint density at radius 1 is 1.17 bits per heavy atom. The van der Waals surface area contributed by atoms with E-state index in [1.165, 1.54) is 13.3 Å². The number of likely N-dealkylation sites (tertiary alicyclic amines) is 1. The van der Waals surface area contributed by atoms with Crippen molar-refractivity contribution in [2.24, 2.45) is 0 Å². The third kappa shape index (κ3) is 5.17. The first kappa shape index (κ1) is 20.9. The zero-order valence-electron chi connectivity index (χ0n) is 17.0. The topological polar surface area (TPSA) is 93.5 Å². The number of nitrogens with zero attached hydrogens (tertiary/aromatic N) is 6. The first-order valence-electron chi connectivity index (χ1n) is 9.99. The van der Waals surface area contributed by atoms with Crippen LogP contribution in [-0.4, -0.2) is 68.8 Å². The Bertz CT molecular complexity index is 788. The predicted molar refractivity (Wildman–Crippen MR) is 107 cm³/mol. The molecule has 9 heteroatoms. The number of rotatable bonds is 8. The lowest BCUT2D eigenvalue weighted by Gasteiger charge is -2.48. The number of carbonyl (C=O) groups is 2. The highest BCUT2D eigenvalue weighted by Gasteiger charge is 2.43. The number of tetrazole rings is 1. The zero-order valence-corrected chi connectivity index (χ0v) is 17.0. The molecule has 9 nitrogen and oxygen atoms in total. The molecule has 0 radical (unpaired) electrons. The van der Waals surface area contributed by atoms with Crippen LogP contribution in [0.4, 0.5) is 5.69 Å². The molecule has 1 aromatic heterocycles. The van der Waals surface area contributed by atoms with Gasteiger partial charge in [-0.25, -0.2) is 0 Å². The third-order valence-corrected chi connectivity index (χ3v) is 5.38. The van der Waals surface area contributed by atoms with Crippen LogP contribution in [0.15, 0.2) is 36.7 Å². The fraction of sp³-hybridized carbons (Fsp3) is 0.550. The van der Waals surface area contributed by atoms with Gasteiger partial charge in [0, 0.05) is 38.7 Å². The summed E-state index contributed by atoms with van der Waals surface area (Å²) >= 11 is 0. The highest BCUT2D eigenvalue weighted by Crippen LogP contribution is 2.34. The van der Waals surface area contributed by atoms with Crippen LogP contribution >= 0.6 is 0 Å². The smallest absolute Gasteiger partial charge is 0.302 e. The summed E-state index contributed by atoms with van der Waals surface area (Å²) in [6, 6.07) is 9.64. The van der Waals surface area contributed by atoms with Crippen molar-refractivity contribution >= 4 is 17.6 Å². The molecule has 0 atom stereocenters. The molecule has 0 unspecified atom stereocenters. The molecule has 0 N–H and O–H groups in total. The van der Waals surface area contributed by atoms with Gasteiger partial charge in [-0.2, -0.15) is 4.80 Å². The van der Waals surface area contributed by atoms with Crippen molar-refractivity contribution in [3.05, 3.63) is 36.7 Å². The Hall–Kier alpha value is -2.81. The number of esters is 1. The molecule has 1 fully saturated rings. The number of para-hydroxylation sites is 1. The minimum Gasteiger partial charge on any atom is -0.463 e. The van der Waals surface area contributed by atoms with Gasteiger partial charge in [0.2, 0.25) is 5.91 Å². The van der Waals surface area contributed by atoms with Gasteiger partial charge in [-0.15, -0.1) is 10.2 Å². The van der Waals surface area contributed by atoms with Crippen molar-refractivity contribution < 1.29 is 14.3 Å². The lowest BCUT2D eigenvalue weighted by atomic mass is 9.85. The van der Waals surface area contributed by atoms with Gasteiger partial charge in [-0.05, 0) is 30.2 Å². The SMILES string of the molecule is CCC(=O)N(c1ccccc1)C1(COC(C)=O)CCN(CCn2ncnn2)CC1. The molecular formula is C20H28N6O3. The average Bonchev–Trinajstić information content (AvgIpc) is 3.26. The standard InChI is InChI=1S/C20H28N6O3/c1-3-19(28)26(18-7-5-4-6-8-18)20(15-29-17(2)27)9-11-24(12-10-20)13-14-25-22-16-21-23-25/h4-8,16H,3,9-15H2,1-2H3. The Kier molecular flexibility index (Phi) is 6.92. The van der Waals surface area contributed by atoms with Crippen molar-refractivity contribution in [2.75, 3.05) is 31.1 Å². The number of anilines is 1. The van der Waals surface area contributed by atoms with Crippen LogP contribution in [0.1, 0.15) is 33.1 Å². The number of hydrogen-bond donors (Lipinski definition) is 0. The molecule has 0 spiro atoms. The normalized spacial score (nSPS) is 16.3. The summed E-state index contributed by atoms with van der Waals surface area (Å²) in [5, 5.41) is 11.7. The Morgan fingerprint density at radius 2 is 1.90 bits per heavy atom. The Labute approximate surface area is 170 Å². The van der Waals surface area contributed by atoms with E-state index in [9.17, 15) is 9.59 Å². The van der Waals surface area contributed by atoms with Crippen LogP contribution in [-0.2, 0) is 20.9 Å². The second-order valence-corrected chi connectivity index (χ2v) is 7.30. The Balaban J connectivity index is 1.78. The van der Waals surface area contributed by atoms with Crippen LogP contribution in [0.2, 0.25) is 0 Å². The fourth-order valence-electron chi connectivity index (χ4n) is 3.80. The zero-order chi connectivity index (χ0) is 20.7. The number of aromatic nitrogens is 4. The molecule has 0 bridgehead atoms. The van der Waals surface area contributed by atoms with Gasteiger partial charge in [-0.1, -0.05) is 25.1 Å². The van der Waals surface area contributed by atoms with Crippen LogP contribution in [0.5, 0.6) is 0 Å². The minimum absolute atomic E-state index is 0.0311. The summed E-state index contributed by atoms with van der Waals surface area (Å²) in [6.45, 7) is 6.49. The van der Waals surface area contributed by atoms with E-state index < -0.39 is 5.54 Å². The molecule has 1 amide bonds. The summed E-state index contributed by atoms with van der Waals surface area (Å²) in [7, 11) is 0. The van der Waals surface area contributed by atoms with E-state index in [0.717, 1.165) is 25.3 Å². The number of amides is 1. The minimum atomic E-state index is -0.553. The molecule has 0 saturated carbocycles. The largest absolute Gasteiger partial charge is 0.463 e. The van der Waals surface area contributed by atoms with Gasteiger partial charge < -0.3 is 14.5 Å². The van der Waals surface area contributed by atoms with Gasteiger partial charge >= 0.3 is 5.97 Å². The molecule has 29 heavy (non-hydrogen) atoms. The maximum Gasteiger partial charge on any atom is 0.302 e. The van der Waals surface area contributed by atoms with Crippen LogP contribution in [0.3, 0.4) is 0 Å². The number of hydrogen-bond acceptors (Lipinski definition) is 7. The molecule has 2 aromatic rings. The Morgan fingerprint density at radius 3 is 2.48 bits per heavy atom. The van der Waals surface area contributed by atoms with Crippen LogP contribution < -0.4 is 4.90 Å². The number of benzene rings is 1. The molecule has 1 aliphatic rings. The maximum atomic E-state index is 13.0. The predicted octanol–water partition coefficient (Wildman–Crippen LogP) is 1.51. The lowest BCUT2D eigenvalue weighted by Crippen LogP contribution is -2.60. The molecule has 0 aliphatic carbocycles. The van der Waals surface area contributed by atoms with Crippen LogP contribution in [0, 0.1) is 0 Å². The molecular weight excluding hydrogens is 372 g/mol. The molecule has 1 saturated heterocycles. The molecule has 2 heterocycles. The van der Waals surface area contributed by atoms with Gasteiger partial charge in [0.1, 0.15) is 6.61 Å². The first-order valence-corrected chi connectivity index (χ1v) is 9.99. The lowest BCUT2D eigenvalue weighted by molar-refractivity contribution is -0.144. The van der Waals surface area contributed by atoms with E-state index in [-0.39, 0.29) is 18.5 Å².